The van der Waals surface area contributed by atoms with Crippen molar-refractivity contribution in [3.63, 3.8) is 0 Å². The number of hydrogen-bond acceptors (Lipinski definition) is 5. The third-order valence-corrected chi connectivity index (χ3v) is 8.75. The van der Waals surface area contributed by atoms with Crippen molar-refractivity contribution in [2.24, 2.45) is 17.8 Å². The van der Waals surface area contributed by atoms with E-state index in [1.807, 2.05) is 18.2 Å². The quantitative estimate of drug-likeness (QED) is 0.247. The highest BCUT2D eigenvalue weighted by Gasteiger charge is 2.43. The number of ketones is 1. The number of benzene rings is 2. The van der Waals surface area contributed by atoms with Crippen molar-refractivity contribution in [2.45, 2.75) is 76.4 Å². The first kappa shape index (κ1) is 26.2. The highest BCUT2D eigenvalue weighted by molar-refractivity contribution is 5.95. The van der Waals surface area contributed by atoms with E-state index in [-0.39, 0.29) is 17.6 Å². The van der Waals surface area contributed by atoms with E-state index in [4.69, 9.17) is 9.47 Å². The van der Waals surface area contributed by atoms with Crippen molar-refractivity contribution in [1.82, 2.24) is 5.32 Å². The average Bonchev–Trinajstić information content (AvgIpc) is 3.50. The lowest BCUT2D eigenvalue weighted by Gasteiger charge is -2.30. The molecule has 0 aromatic heterocycles. The fourth-order valence-electron chi connectivity index (χ4n) is 6.70. The van der Waals surface area contributed by atoms with Crippen LogP contribution >= 0.6 is 0 Å². The summed E-state index contributed by atoms with van der Waals surface area (Å²) in [4.78, 5) is 12.3. The summed E-state index contributed by atoms with van der Waals surface area (Å²) in [5.74, 6) is 3.58. The molecule has 0 radical (unpaired) electrons. The average molecular weight is 510 g/mol. The number of hydrogen-bond donors (Lipinski definition) is 2. The van der Waals surface area contributed by atoms with Crippen LogP contribution in [0.15, 0.2) is 42.5 Å². The Bertz CT molecular complexity index is 1020. The van der Waals surface area contributed by atoms with Gasteiger partial charge < -0.3 is 19.9 Å². The molecule has 2 atom stereocenters. The van der Waals surface area contributed by atoms with Crippen molar-refractivity contribution < 1.29 is 23.8 Å². The second kappa shape index (κ2) is 12.4. The van der Waals surface area contributed by atoms with Gasteiger partial charge in [-0.1, -0.05) is 18.9 Å². The van der Waals surface area contributed by atoms with Crippen molar-refractivity contribution in [3.05, 3.63) is 59.4 Å². The van der Waals surface area contributed by atoms with Gasteiger partial charge in [0, 0.05) is 18.0 Å². The van der Waals surface area contributed by atoms with Crippen LogP contribution in [-0.2, 0) is 0 Å². The summed E-state index contributed by atoms with van der Waals surface area (Å²) in [6, 6.07) is 11.6. The summed E-state index contributed by atoms with van der Waals surface area (Å²) in [5, 5.41) is 15.1. The fourth-order valence-corrected chi connectivity index (χ4v) is 6.70. The topological polar surface area (TPSA) is 67.8 Å². The summed E-state index contributed by atoms with van der Waals surface area (Å²) >= 11 is 0. The molecule has 2 unspecified atom stereocenters. The van der Waals surface area contributed by atoms with E-state index in [9.17, 15) is 14.3 Å². The van der Waals surface area contributed by atoms with Crippen molar-refractivity contribution in [1.29, 1.82) is 0 Å². The summed E-state index contributed by atoms with van der Waals surface area (Å²) in [6.45, 7) is 1.94. The van der Waals surface area contributed by atoms with E-state index >= 15 is 0 Å². The molecule has 6 heteroatoms. The zero-order chi connectivity index (χ0) is 25.6. The maximum atomic E-state index is 13.1. The van der Waals surface area contributed by atoms with E-state index in [1.165, 1.54) is 37.8 Å². The second-order valence-corrected chi connectivity index (χ2v) is 11.1. The monoisotopic (exact) mass is 509 g/mol. The molecule has 5 nitrogen and oxygen atoms in total. The molecule has 2 aromatic carbocycles. The predicted octanol–water partition coefficient (Wildman–Crippen LogP) is 6.25. The van der Waals surface area contributed by atoms with Gasteiger partial charge in [-0.15, -0.1) is 0 Å². The molecular weight excluding hydrogens is 469 g/mol. The molecule has 2 aromatic rings. The van der Waals surface area contributed by atoms with Gasteiger partial charge in [0.2, 0.25) is 0 Å². The largest absolute Gasteiger partial charge is 0.486 e. The molecule has 2 saturated carbocycles. The van der Waals surface area contributed by atoms with Gasteiger partial charge in [0.25, 0.3) is 0 Å². The van der Waals surface area contributed by atoms with Gasteiger partial charge in [0.15, 0.2) is 17.3 Å². The minimum atomic E-state index is -0.593. The van der Waals surface area contributed by atoms with Crippen LogP contribution in [0, 0.1) is 23.6 Å². The minimum Gasteiger partial charge on any atom is -0.486 e. The van der Waals surface area contributed by atoms with E-state index in [1.54, 1.807) is 12.1 Å². The molecule has 2 bridgehead atoms. The minimum absolute atomic E-state index is 0.00816. The molecule has 0 saturated heterocycles. The second-order valence-electron chi connectivity index (χ2n) is 11.1. The Kier molecular flexibility index (Phi) is 8.78. The van der Waals surface area contributed by atoms with Gasteiger partial charge in [-0.2, -0.15) is 0 Å². The lowest BCUT2D eigenvalue weighted by Crippen LogP contribution is -2.38. The number of aliphatic hydroxyl groups is 1. The number of carbonyl (C=O) groups excluding carboxylic acids is 1. The zero-order valence-electron chi connectivity index (χ0n) is 21.7. The van der Waals surface area contributed by atoms with Crippen LogP contribution in [0.25, 0.3) is 0 Å². The maximum Gasteiger partial charge on any atom is 0.162 e. The molecule has 2 aliphatic carbocycles. The first-order valence-electron chi connectivity index (χ1n) is 14.2. The van der Waals surface area contributed by atoms with E-state index in [2.05, 4.69) is 5.32 Å². The molecule has 0 spiro atoms. The number of halogens is 1. The van der Waals surface area contributed by atoms with E-state index < -0.39 is 6.10 Å². The molecule has 3 aliphatic rings. The van der Waals surface area contributed by atoms with Gasteiger partial charge >= 0.3 is 0 Å². The smallest absolute Gasteiger partial charge is 0.162 e. The van der Waals surface area contributed by atoms with Gasteiger partial charge in [0.1, 0.15) is 19.0 Å². The van der Waals surface area contributed by atoms with Gasteiger partial charge in [-0.25, -0.2) is 4.39 Å². The number of fused-ring (bicyclic) bond motifs is 3. The number of Topliss-reactive ketones (excluding diaryl/α,β-unsaturated/α-hetero) is 1. The van der Waals surface area contributed by atoms with Crippen molar-refractivity contribution >= 4 is 5.78 Å². The molecule has 0 amide bonds. The molecule has 1 heterocycles. The first-order valence-corrected chi connectivity index (χ1v) is 14.2. The molecule has 37 heavy (non-hydrogen) atoms. The number of nitrogens with one attached hydrogen (secondary N) is 1. The van der Waals surface area contributed by atoms with Crippen LogP contribution in [0.2, 0.25) is 0 Å². The van der Waals surface area contributed by atoms with Crippen molar-refractivity contribution in [3.8, 4) is 11.5 Å². The maximum absolute atomic E-state index is 13.1. The molecule has 5 rings (SSSR count). The highest BCUT2D eigenvalue weighted by Crippen LogP contribution is 2.51. The normalized spacial score (nSPS) is 23.7. The summed E-state index contributed by atoms with van der Waals surface area (Å²) in [6.07, 6.45) is 10.2. The Labute approximate surface area is 219 Å². The van der Waals surface area contributed by atoms with Gasteiger partial charge in [0.05, 0.1) is 6.10 Å². The molecule has 1 aliphatic heterocycles. The Morgan fingerprint density at radius 1 is 0.919 bits per heavy atom. The molecule has 200 valence electrons. The number of ether oxygens (including phenoxy) is 2. The Morgan fingerprint density at radius 3 is 2.32 bits per heavy atom. The van der Waals surface area contributed by atoms with E-state index in [0.29, 0.717) is 31.1 Å². The third-order valence-electron chi connectivity index (χ3n) is 8.75. The molecular formula is C31H40FNO4. The Hall–Kier alpha value is -2.44. The van der Waals surface area contributed by atoms with Gasteiger partial charge in [-0.3, -0.25) is 4.79 Å². The molecule has 2 fully saturated rings. The first-order chi connectivity index (χ1) is 18.1. The summed E-state index contributed by atoms with van der Waals surface area (Å²) < 4.78 is 24.5. The SMILES string of the molecule is O=C(CCCCCCNC(CC1C2CCC1CC2)C(O)c1ccc2c(c1)OCCO2)c1ccc(F)cc1. The van der Waals surface area contributed by atoms with Gasteiger partial charge in [-0.05, 0) is 111 Å². The van der Waals surface area contributed by atoms with Crippen LogP contribution in [0.5, 0.6) is 11.5 Å². The standard InChI is InChI=1S/C31H40FNO4/c32-25-13-10-23(11-14-25)28(34)5-3-1-2-4-16-33-27(20-26-21-6-7-22(26)9-8-21)31(35)24-12-15-29-30(19-24)37-18-17-36-29/h10-15,19,21-22,26-27,31,33,35H,1-9,16-18,20H2. The number of carbonyl (C=O) groups is 1. The zero-order valence-corrected chi connectivity index (χ0v) is 21.7. The number of rotatable bonds is 13. The molecule has 2 N–H and O–H groups in total. The third kappa shape index (κ3) is 6.53. The van der Waals surface area contributed by atoms with Crippen LogP contribution < -0.4 is 14.8 Å². The van der Waals surface area contributed by atoms with Crippen LogP contribution in [0.3, 0.4) is 0 Å². The number of aliphatic hydroxyl groups excluding tert-OH is 1. The fraction of sp³-hybridized carbons (Fsp3) is 0.581. The Balaban J connectivity index is 1.11. The summed E-state index contributed by atoms with van der Waals surface area (Å²) in [7, 11) is 0. The van der Waals surface area contributed by atoms with Crippen LogP contribution in [-0.4, -0.2) is 36.7 Å². The van der Waals surface area contributed by atoms with Crippen LogP contribution in [0.1, 0.15) is 86.2 Å². The summed E-state index contributed by atoms with van der Waals surface area (Å²) in [5.41, 5.74) is 1.46. The lowest BCUT2D eigenvalue weighted by molar-refractivity contribution is 0.0978. The van der Waals surface area contributed by atoms with E-state index in [0.717, 1.165) is 67.5 Å². The highest BCUT2D eigenvalue weighted by atomic mass is 19.1. The lowest BCUT2D eigenvalue weighted by atomic mass is 9.86. The predicted molar refractivity (Wildman–Crippen MR) is 142 cm³/mol. The van der Waals surface area contributed by atoms with Crippen LogP contribution in [0.4, 0.5) is 4.39 Å². The number of unbranched alkanes of at least 4 members (excludes halogenated alkanes) is 3. The Morgan fingerprint density at radius 2 is 1.59 bits per heavy atom. The van der Waals surface area contributed by atoms with Crippen molar-refractivity contribution in [2.75, 3.05) is 19.8 Å².